The Bertz CT molecular complexity index is 730. The van der Waals surface area contributed by atoms with Gasteiger partial charge in [0.1, 0.15) is 5.54 Å². The average Bonchev–Trinajstić information content (AvgIpc) is 3.19. The van der Waals surface area contributed by atoms with Gasteiger partial charge in [-0.3, -0.25) is 9.69 Å². The standard InChI is InChI=1S/C22H31N3O3/c1-16(2)23-10-8-22(9-11-23)20(26)25(21(27)24(22)12-13-28-3)19-14-17-6-4-5-7-18(17)15-19/h4-7,16,19H,8-15H2,1-3H3. The van der Waals surface area contributed by atoms with Crippen LogP contribution in [0.3, 0.4) is 0 Å². The number of imide groups is 1. The minimum atomic E-state index is -0.699. The van der Waals surface area contributed by atoms with Crippen LogP contribution in [-0.2, 0) is 22.4 Å². The van der Waals surface area contributed by atoms with E-state index in [0.717, 1.165) is 25.9 Å². The van der Waals surface area contributed by atoms with Gasteiger partial charge < -0.3 is 14.5 Å². The van der Waals surface area contributed by atoms with Crippen molar-refractivity contribution < 1.29 is 14.3 Å². The summed E-state index contributed by atoms with van der Waals surface area (Å²) in [5.74, 6) is 0.00909. The van der Waals surface area contributed by atoms with Crippen LogP contribution in [-0.4, -0.2) is 77.6 Å². The number of hydrogen-bond donors (Lipinski definition) is 0. The Morgan fingerprint density at radius 3 is 2.25 bits per heavy atom. The van der Waals surface area contributed by atoms with Crippen molar-refractivity contribution in [2.45, 2.75) is 57.2 Å². The van der Waals surface area contributed by atoms with Crippen molar-refractivity contribution in [3.05, 3.63) is 35.4 Å². The molecule has 3 amide bonds. The molecule has 152 valence electrons. The molecule has 0 atom stereocenters. The first-order valence-corrected chi connectivity index (χ1v) is 10.4. The molecule has 0 saturated carbocycles. The smallest absolute Gasteiger partial charge is 0.328 e. The molecule has 2 aliphatic heterocycles. The highest BCUT2D eigenvalue weighted by molar-refractivity contribution is 6.07. The quantitative estimate of drug-likeness (QED) is 0.730. The first-order valence-electron chi connectivity index (χ1n) is 10.4. The summed E-state index contributed by atoms with van der Waals surface area (Å²) in [7, 11) is 1.64. The minimum absolute atomic E-state index is 0.00909. The van der Waals surface area contributed by atoms with Gasteiger partial charge in [0, 0.05) is 38.8 Å². The number of methoxy groups -OCH3 is 1. The van der Waals surface area contributed by atoms with Gasteiger partial charge in [0.25, 0.3) is 5.91 Å². The Morgan fingerprint density at radius 2 is 1.71 bits per heavy atom. The van der Waals surface area contributed by atoms with E-state index in [0.29, 0.717) is 32.0 Å². The lowest BCUT2D eigenvalue weighted by Gasteiger charge is -2.43. The van der Waals surface area contributed by atoms with Gasteiger partial charge in [-0.1, -0.05) is 24.3 Å². The number of urea groups is 1. The van der Waals surface area contributed by atoms with Crippen molar-refractivity contribution in [2.75, 3.05) is 33.4 Å². The third-order valence-electron chi connectivity index (χ3n) is 6.84. The lowest BCUT2D eigenvalue weighted by molar-refractivity contribution is -0.137. The van der Waals surface area contributed by atoms with Gasteiger partial charge in [0.15, 0.2) is 0 Å². The average molecular weight is 386 g/mol. The maximum absolute atomic E-state index is 13.7. The molecule has 4 rings (SSSR count). The van der Waals surface area contributed by atoms with Gasteiger partial charge in [0.05, 0.1) is 6.61 Å². The first-order chi connectivity index (χ1) is 13.5. The molecular formula is C22H31N3O3. The van der Waals surface area contributed by atoms with Gasteiger partial charge in [-0.15, -0.1) is 0 Å². The molecule has 1 spiro atoms. The van der Waals surface area contributed by atoms with Crippen LogP contribution in [0.4, 0.5) is 4.79 Å². The number of fused-ring (bicyclic) bond motifs is 1. The molecule has 2 heterocycles. The molecule has 28 heavy (non-hydrogen) atoms. The van der Waals surface area contributed by atoms with E-state index in [-0.39, 0.29) is 18.0 Å². The van der Waals surface area contributed by atoms with Gasteiger partial charge in [0.2, 0.25) is 0 Å². The molecule has 6 heteroatoms. The monoisotopic (exact) mass is 385 g/mol. The summed E-state index contributed by atoms with van der Waals surface area (Å²) in [6.45, 7) is 6.98. The zero-order valence-corrected chi connectivity index (χ0v) is 17.2. The lowest BCUT2D eigenvalue weighted by atomic mass is 9.85. The van der Waals surface area contributed by atoms with Crippen LogP contribution in [0.25, 0.3) is 0 Å². The molecule has 0 bridgehead atoms. The molecular weight excluding hydrogens is 354 g/mol. The van der Waals surface area contributed by atoms with Crippen LogP contribution >= 0.6 is 0 Å². The molecule has 1 aromatic carbocycles. The maximum Gasteiger partial charge on any atom is 0.328 e. The summed E-state index contributed by atoms with van der Waals surface area (Å²) in [6, 6.07) is 8.55. The third-order valence-corrected chi connectivity index (χ3v) is 6.84. The van der Waals surface area contributed by atoms with Crippen LogP contribution < -0.4 is 0 Å². The van der Waals surface area contributed by atoms with Crippen molar-refractivity contribution in [1.29, 1.82) is 0 Å². The second-order valence-corrected chi connectivity index (χ2v) is 8.59. The number of amides is 3. The highest BCUT2D eigenvalue weighted by Crippen LogP contribution is 2.40. The molecule has 2 saturated heterocycles. The first kappa shape index (κ1) is 19.4. The number of hydrogen-bond acceptors (Lipinski definition) is 4. The summed E-state index contributed by atoms with van der Waals surface area (Å²) in [6.07, 6.45) is 2.94. The number of likely N-dealkylation sites (tertiary alicyclic amines) is 1. The molecule has 1 aromatic rings. The number of ether oxygens (including phenoxy) is 1. The number of benzene rings is 1. The van der Waals surface area contributed by atoms with E-state index in [1.165, 1.54) is 11.1 Å². The predicted molar refractivity (Wildman–Crippen MR) is 107 cm³/mol. The fourth-order valence-corrected chi connectivity index (χ4v) is 5.17. The molecule has 0 N–H and O–H groups in total. The topological polar surface area (TPSA) is 53.1 Å². The van der Waals surface area contributed by atoms with E-state index >= 15 is 0 Å². The Kier molecular flexibility index (Phi) is 5.19. The number of carbonyl (C=O) groups excluding carboxylic acids is 2. The summed E-state index contributed by atoms with van der Waals surface area (Å²) in [5, 5.41) is 0. The fourth-order valence-electron chi connectivity index (χ4n) is 5.17. The predicted octanol–water partition coefficient (Wildman–Crippen LogP) is 2.31. The van der Waals surface area contributed by atoms with E-state index < -0.39 is 5.54 Å². The Hall–Kier alpha value is -1.92. The molecule has 2 fully saturated rings. The number of carbonyl (C=O) groups is 2. The number of rotatable bonds is 5. The van der Waals surface area contributed by atoms with E-state index in [1.54, 1.807) is 12.0 Å². The van der Waals surface area contributed by atoms with Gasteiger partial charge in [-0.25, -0.2) is 4.79 Å². The highest BCUT2D eigenvalue weighted by atomic mass is 16.5. The Balaban J connectivity index is 1.60. The van der Waals surface area contributed by atoms with Gasteiger partial charge in [-0.2, -0.15) is 0 Å². The Morgan fingerprint density at radius 1 is 1.11 bits per heavy atom. The van der Waals surface area contributed by atoms with Crippen LogP contribution in [0.15, 0.2) is 24.3 Å². The number of piperidine rings is 1. The molecule has 3 aliphatic rings. The molecule has 0 unspecified atom stereocenters. The second-order valence-electron chi connectivity index (χ2n) is 8.59. The molecule has 1 aliphatic carbocycles. The van der Waals surface area contributed by atoms with E-state index in [2.05, 4.69) is 30.9 Å². The SMILES string of the molecule is COCCN1C(=O)N(C2Cc3ccccc3C2)C(=O)C12CCN(C(C)C)CC2. The van der Waals surface area contributed by atoms with Crippen LogP contribution in [0.2, 0.25) is 0 Å². The zero-order chi connectivity index (χ0) is 19.9. The highest BCUT2D eigenvalue weighted by Gasteiger charge is 2.59. The summed E-state index contributed by atoms with van der Waals surface area (Å²) in [4.78, 5) is 32.9. The fraction of sp³-hybridized carbons (Fsp3) is 0.636. The van der Waals surface area contributed by atoms with E-state index in [1.807, 2.05) is 17.0 Å². The van der Waals surface area contributed by atoms with Crippen molar-refractivity contribution in [3.63, 3.8) is 0 Å². The lowest BCUT2D eigenvalue weighted by Crippen LogP contribution is -2.58. The molecule has 0 radical (unpaired) electrons. The zero-order valence-electron chi connectivity index (χ0n) is 17.2. The van der Waals surface area contributed by atoms with Crippen molar-refractivity contribution >= 4 is 11.9 Å². The minimum Gasteiger partial charge on any atom is -0.383 e. The third kappa shape index (κ3) is 3.03. The Labute approximate surface area is 167 Å². The summed E-state index contributed by atoms with van der Waals surface area (Å²) in [5.41, 5.74) is 1.81. The summed E-state index contributed by atoms with van der Waals surface area (Å²) >= 11 is 0. The second kappa shape index (κ2) is 7.48. The van der Waals surface area contributed by atoms with Gasteiger partial charge in [-0.05, 0) is 50.7 Å². The van der Waals surface area contributed by atoms with Crippen molar-refractivity contribution in [2.24, 2.45) is 0 Å². The maximum atomic E-state index is 13.7. The van der Waals surface area contributed by atoms with E-state index in [9.17, 15) is 9.59 Å². The van der Waals surface area contributed by atoms with Crippen LogP contribution in [0.1, 0.15) is 37.8 Å². The van der Waals surface area contributed by atoms with Crippen LogP contribution in [0, 0.1) is 0 Å². The van der Waals surface area contributed by atoms with E-state index in [4.69, 9.17) is 4.74 Å². The van der Waals surface area contributed by atoms with Crippen LogP contribution in [0.5, 0.6) is 0 Å². The molecule has 6 nitrogen and oxygen atoms in total. The largest absolute Gasteiger partial charge is 0.383 e. The van der Waals surface area contributed by atoms with Gasteiger partial charge >= 0.3 is 6.03 Å². The normalized spacial score (nSPS) is 22.7. The summed E-state index contributed by atoms with van der Waals surface area (Å²) < 4.78 is 5.26. The van der Waals surface area contributed by atoms with Crippen molar-refractivity contribution in [1.82, 2.24) is 14.7 Å². The number of nitrogens with zero attached hydrogens (tertiary/aromatic N) is 3. The molecule has 0 aromatic heterocycles. The van der Waals surface area contributed by atoms with Crippen molar-refractivity contribution in [3.8, 4) is 0 Å².